The number of para-hydroxylation sites is 1. The lowest BCUT2D eigenvalue weighted by molar-refractivity contribution is 0.369. The highest BCUT2D eigenvalue weighted by Crippen LogP contribution is 2.22. The van der Waals surface area contributed by atoms with E-state index >= 15 is 0 Å². The molecule has 0 fully saturated rings. The van der Waals surface area contributed by atoms with Crippen molar-refractivity contribution in [2.24, 2.45) is 0 Å². The van der Waals surface area contributed by atoms with Crippen LogP contribution < -0.4 is 0 Å². The molecule has 0 saturated heterocycles. The average Bonchev–Trinajstić information content (AvgIpc) is 2.92. The molecule has 3 rings (SSSR count). The first kappa shape index (κ1) is 12.4. The van der Waals surface area contributed by atoms with Gasteiger partial charge in [0.2, 0.25) is 5.89 Å². The van der Waals surface area contributed by atoms with Crippen LogP contribution in [-0.2, 0) is 13.0 Å². The van der Waals surface area contributed by atoms with Gasteiger partial charge in [-0.05, 0) is 31.3 Å². The molecule has 5 nitrogen and oxygen atoms in total. The number of aryl methyl sites for hydroxylation is 3. The molecule has 3 aromatic rings. The van der Waals surface area contributed by atoms with Gasteiger partial charge in [0.15, 0.2) is 10.6 Å². The number of imidazole rings is 1. The van der Waals surface area contributed by atoms with Crippen molar-refractivity contribution >= 4 is 34.9 Å². The third kappa shape index (κ3) is 2.29. The van der Waals surface area contributed by atoms with Crippen molar-refractivity contribution in [1.29, 1.82) is 0 Å². The van der Waals surface area contributed by atoms with Crippen molar-refractivity contribution in [3.63, 3.8) is 0 Å². The molecule has 1 N–H and O–H groups in total. The summed E-state index contributed by atoms with van der Waals surface area (Å²) in [5.74, 6) is 1.25. The van der Waals surface area contributed by atoms with E-state index in [4.69, 9.17) is 28.3 Å². The molecule has 0 bridgehead atoms. The summed E-state index contributed by atoms with van der Waals surface area (Å²) >= 11 is 11.4. The monoisotopic (exact) mass is 294 g/mol. The Balaban J connectivity index is 1.95. The molecular weight excluding hydrogens is 284 g/mol. The summed E-state index contributed by atoms with van der Waals surface area (Å²) in [6.45, 7) is 2.46. The van der Waals surface area contributed by atoms with Crippen LogP contribution in [-0.4, -0.2) is 19.7 Å². The summed E-state index contributed by atoms with van der Waals surface area (Å²) in [5, 5.41) is 4.43. The summed E-state index contributed by atoms with van der Waals surface area (Å²) in [4.78, 5) is 7.29. The van der Waals surface area contributed by atoms with E-state index in [1.807, 2.05) is 22.8 Å². The number of aromatic nitrogens is 4. The standard InChI is InChI=1S/C12H11ClN4OS/c1-7-14-10(18-16-7)5-6-17-9-4-2-3-8(13)11(9)15-12(17)19/h2-4H,5-6H2,1H3,(H,15,19). The lowest BCUT2D eigenvalue weighted by atomic mass is 10.3. The second-order valence-electron chi connectivity index (χ2n) is 4.20. The van der Waals surface area contributed by atoms with Crippen molar-refractivity contribution in [3.8, 4) is 0 Å². The third-order valence-corrected chi connectivity index (χ3v) is 3.52. The molecule has 0 aliphatic carbocycles. The second kappa shape index (κ2) is 4.79. The van der Waals surface area contributed by atoms with Gasteiger partial charge < -0.3 is 14.1 Å². The molecule has 0 unspecified atom stereocenters. The van der Waals surface area contributed by atoms with Crippen molar-refractivity contribution in [2.75, 3.05) is 0 Å². The van der Waals surface area contributed by atoms with E-state index < -0.39 is 0 Å². The Labute approximate surface area is 119 Å². The van der Waals surface area contributed by atoms with E-state index in [0.717, 1.165) is 11.0 Å². The minimum absolute atomic E-state index is 0.607. The molecule has 2 aromatic heterocycles. The van der Waals surface area contributed by atoms with Gasteiger partial charge in [-0.3, -0.25) is 0 Å². The number of nitrogens with zero attached hydrogens (tertiary/aromatic N) is 3. The van der Waals surface area contributed by atoms with Crippen LogP contribution in [0.25, 0.3) is 11.0 Å². The van der Waals surface area contributed by atoms with Gasteiger partial charge in [0.05, 0.1) is 16.1 Å². The van der Waals surface area contributed by atoms with Crippen LogP contribution >= 0.6 is 23.8 Å². The van der Waals surface area contributed by atoms with Gasteiger partial charge in [-0.2, -0.15) is 4.98 Å². The van der Waals surface area contributed by atoms with E-state index in [0.29, 0.717) is 34.5 Å². The smallest absolute Gasteiger partial charge is 0.228 e. The topological polar surface area (TPSA) is 59.6 Å². The van der Waals surface area contributed by atoms with Gasteiger partial charge in [-0.25, -0.2) is 0 Å². The van der Waals surface area contributed by atoms with Gasteiger partial charge in [0.1, 0.15) is 0 Å². The predicted molar refractivity (Wildman–Crippen MR) is 74.9 cm³/mol. The number of rotatable bonds is 3. The Bertz CT molecular complexity index is 788. The number of H-pyrrole nitrogens is 1. The molecule has 0 spiro atoms. The first-order valence-corrected chi connectivity index (χ1v) is 6.60. The van der Waals surface area contributed by atoms with Crippen LogP contribution in [0.1, 0.15) is 11.7 Å². The van der Waals surface area contributed by atoms with Gasteiger partial charge in [0.25, 0.3) is 0 Å². The highest BCUT2D eigenvalue weighted by molar-refractivity contribution is 7.71. The van der Waals surface area contributed by atoms with Crippen molar-refractivity contribution in [1.82, 2.24) is 19.7 Å². The Morgan fingerprint density at radius 1 is 1.47 bits per heavy atom. The fourth-order valence-electron chi connectivity index (χ4n) is 2.02. The Kier molecular flexibility index (Phi) is 3.12. The molecule has 98 valence electrons. The molecule has 2 heterocycles. The quantitative estimate of drug-likeness (QED) is 0.753. The van der Waals surface area contributed by atoms with E-state index in [1.54, 1.807) is 6.92 Å². The molecule has 7 heteroatoms. The van der Waals surface area contributed by atoms with Crippen LogP contribution in [0.2, 0.25) is 5.02 Å². The number of aromatic amines is 1. The number of fused-ring (bicyclic) bond motifs is 1. The van der Waals surface area contributed by atoms with Gasteiger partial charge in [-0.15, -0.1) is 0 Å². The van der Waals surface area contributed by atoms with Crippen LogP contribution in [0.3, 0.4) is 0 Å². The van der Waals surface area contributed by atoms with E-state index in [9.17, 15) is 0 Å². The van der Waals surface area contributed by atoms with Crippen LogP contribution in [0, 0.1) is 11.7 Å². The van der Waals surface area contributed by atoms with E-state index in [2.05, 4.69) is 15.1 Å². The van der Waals surface area contributed by atoms with Crippen LogP contribution in [0.4, 0.5) is 0 Å². The predicted octanol–water partition coefficient (Wildman–Crippen LogP) is 3.29. The van der Waals surface area contributed by atoms with Gasteiger partial charge in [-0.1, -0.05) is 22.8 Å². The lowest BCUT2D eigenvalue weighted by Crippen LogP contribution is -2.01. The maximum Gasteiger partial charge on any atom is 0.228 e. The first-order chi connectivity index (χ1) is 9.15. The van der Waals surface area contributed by atoms with Crippen molar-refractivity contribution in [3.05, 3.63) is 39.7 Å². The zero-order valence-electron chi connectivity index (χ0n) is 10.2. The Morgan fingerprint density at radius 3 is 3.05 bits per heavy atom. The summed E-state index contributed by atoms with van der Waals surface area (Å²) in [6.07, 6.45) is 0.634. The average molecular weight is 295 g/mol. The Hall–Kier alpha value is -1.66. The summed E-state index contributed by atoms with van der Waals surface area (Å²) in [5.41, 5.74) is 1.84. The molecule has 0 saturated carbocycles. The SMILES string of the molecule is Cc1noc(CCn2c(=S)[nH]c3c(Cl)cccc32)n1. The number of hydrogen-bond acceptors (Lipinski definition) is 4. The summed E-state index contributed by atoms with van der Waals surface area (Å²) in [7, 11) is 0. The largest absolute Gasteiger partial charge is 0.339 e. The van der Waals surface area contributed by atoms with E-state index in [1.165, 1.54) is 0 Å². The van der Waals surface area contributed by atoms with E-state index in [-0.39, 0.29) is 0 Å². The zero-order chi connectivity index (χ0) is 13.4. The minimum Gasteiger partial charge on any atom is -0.339 e. The fraction of sp³-hybridized carbons (Fsp3) is 0.250. The molecule has 0 amide bonds. The highest BCUT2D eigenvalue weighted by atomic mass is 35.5. The summed E-state index contributed by atoms with van der Waals surface area (Å²) in [6, 6.07) is 5.72. The lowest BCUT2D eigenvalue weighted by Gasteiger charge is -2.02. The fourth-order valence-corrected chi connectivity index (χ4v) is 2.52. The molecule has 0 radical (unpaired) electrons. The number of nitrogens with one attached hydrogen (secondary N) is 1. The van der Waals surface area contributed by atoms with Crippen LogP contribution in [0.5, 0.6) is 0 Å². The highest BCUT2D eigenvalue weighted by Gasteiger charge is 2.09. The number of hydrogen-bond donors (Lipinski definition) is 1. The normalized spacial score (nSPS) is 11.3. The van der Waals surface area contributed by atoms with Crippen molar-refractivity contribution < 1.29 is 4.52 Å². The van der Waals surface area contributed by atoms with Gasteiger partial charge in [0, 0.05) is 13.0 Å². The molecule has 19 heavy (non-hydrogen) atoms. The minimum atomic E-state index is 0.607. The maximum atomic E-state index is 6.13. The second-order valence-corrected chi connectivity index (χ2v) is 4.99. The van der Waals surface area contributed by atoms with Crippen LogP contribution in [0.15, 0.2) is 22.7 Å². The molecule has 1 aromatic carbocycles. The molecule has 0 atom stereocenters. The molecular formula is C12H11ClN4OS. The Morgan fingerprint density at radius 2 is 2.32 bits per heavy atom. The third-order valence-electron chi connectivity index (χ3n) is 2.88. The van der Waals surface area contributed by atoms with Crippen molar-refractivity contribution in [2.45, 2.75) is 19.9 Å². The number of benzene rings is 1. The molecule has 0 aliphatic heterocycles. The first-order valence-electron chi connectivity index (χ1n) is 5.81. The zero-order valence-corrected chi connectivity index (χ0v) is 11.8. The maximum absolute atomic E-state index is 6.13. The molecule has 0 aliphatic rings. The van der Waals surface area contributed by atoms with Gasteiger partial charge >= 0.3 is 0 Å². The number of halogens is 1. The summed E-state index contributed by atoms with van der Waals surface area (Å²) < 4.78 is 7.71.